The predicted molar refractivity (Wildman–Crippen MR) is 102 cm³/mol. The average molecular weight is 405 g/mol. The van der Waals surface area contributed by atoms with Gasteiger partial charge in [0.1, 0.15) is 0 Å². The molecule has 1 fully saturated rings. The number of hydrogen-bond acceptors (Lipinski definition) is 6. The maximum absolute atomic E-state index is 13.5. The lowest BCUT2D eigenvalue weighted by Crippen LogP contribution is -2.34. The van der Waals surface area contributed by atoms with Crippen molar-refractivity contribution >= 4 is 21.1 Å². The Bertz CT molecular complexity index is 1160. The van der Waals surface area contributed by atoms with Crippen molar-refractivity contribution in [2.24, 2.45) is 0 Å². The Morgan fingerprint density at radius 1 is 1.21 bits per heavy atom. The van der Waals surface area contributed by atoms with Crippen molar-refractivity contribution in [2.75, 3.05) is 6.54 Å². The molecule has 0 radical (unpaired) electrons. The first-order valence-corrected chi connectivity index (χ1v) is 10.9. The number of nitrogens with zero attached hydrogens (tertiary/aromatic N) is 3. The van der Waals surface area contributed by atoms with E-state index in [0.29, 0.717) is 30.8 Å². The van der Waals surface area contributed by atoms with Crippen LogP contribution in [0.2, 0.25) is 0 Å². The molecule has 8 nitrogen and oxygen atoms in total. The van der Waals surface area contributed by atoms with Crippen LogP contribution < -0.4 is 5.76 Å². The van der Waals surface area contributed by atoms with Crippen molar-refractivity contribution in [2.45, 2.75) is 57.0 Å². The Labute approximate surface area is 162 Å². The lowest BCUT2D eigenvalue weighted by Gasteiger charge is -2.27. The summed E-state index contributed by atoms with van der Waals surface area (Å²) in [6.07, 6.45) is 3.34. The van der Waals surface area contributed by atoms with Gasteiger partial charge >= 0.3 is 5.76 Å². The highest BCUT2D eigenvalue weighted by atomic mass is 32.2. The minimum atomic E-state index is -3.80. The van der Waals surface area contributed by atoms with Crippen molar-refractivity contribution < 1.29 is 17.4 Å². The summed E-state index contributed by atoms with van der Waals surface area (Å²) in [4.78, 5) is 12.0. The molecule has 28 heavy (non-hydrogen) atoms. The Balaban J connectivity index is 1.78. The van der Waals surface area contributed by atoms with Gasteiger partial charge in [-0.3, -0.25) is 4.57 Å². The minimum Gasteiger partial charge on any atom is -0.408 e. The van der Waals surface area contributed by atoms with Gasteiger partial charge in [0.05, 0.1) is 22.1 Å². The molecule has 0 saturated carbocycles. The Kier molecular flexibility index (Phi) is 4.88. The number of rotatable bonds is 4. The van der Waals surface area contributed by atoms with Crippen LogP contribution in [0.5, 0.6) is 0 Å². The van der Waals surface area contributed by atoms with E-state index in [9.17, 15) is 13.2 Å². The third kappa shape index (κ3) is 3.18. The van der Waals surface area contributed by atoms with E-state index in [0.717, 1.165) is 25.0 Å². The number of oxazole rings is 1. The Morgan fingerprint density at radius 2 is 2.04 bits per heavy atom. The molecule has 0 aliphatic carbocycles. The van der Waals surface area contributed by atoms with Crippen LogP contribution in [0.3, 0.4) is 0 Å². The average Bonchev–Trinajstić information content (AvgIpc) is 3.12. The van der Waals surface area contributed by atoms with E-state index >= 15 is 0 Å². The van der Waals surface area contributed by atoms with E-state index in [-0.39, 0.29) is 10.5 Å². The molecule has 1 saturated heterocycles. The highest BCUT2D eigenvalue weighted by Crippen LogP contribution is 2.35. The molecule has 0 bridgehead atoms. The quantitative estimate of drug-likeness (QED) is 0.661. The monoisotopic (exact) mass is 405 g/mol. The van der Waals surface area contributed by atoms with E-state index in [4.69, 9.17) is 8.94 Å². The molecule has 1 atom stereocenters. The van der Waals surface area contributed by atoms with Gasteiger partial charge in [0, 0.05) is 25.2 Å². The minimum absolute atomic E-state index is 0.111. The molecule has 1 aromatic carbocycles. The van der Waals surface area contributed by atoms with Gasteiger partial charge in [0.15, 0.2) is 11.3 Å². The number of benzene rings is 1. The largest absolute Gasteiger partial charge is 0.419 e. The van der Waals surface area contributed by atoms with Crippen LogP contribution in [0.25, 0.3) is 11.1 Å². The molecule has 150 valence electrons. The second-order valence-electron chi connectivity index (χ2n) is 7.09. The molecular formula is C19H23N3O5S. The van der Waals surface area contributed by atoms with Crippen LogP contribution in [0.15, 0.2) is 42.9 Å². The second-order valence-corrected chi connectivity index (χ2v) is 8.98. The summed E-state index contributed by atoms with van der Waals surface area (Å²) in [6, 6.07) is 6.00. The zero-order valence-electron chi connectivity index (χ0n) is 15.9. The molecule has 0 spiro atoms. The summed E-state index contributed by atoms with van der Waals surface area (Å²) in [5, 5.41) is 3.93. The van der Waals surface area contributed by atoms with Gasteiger partial charge in [-0.25, -0.2) is 13.2 Å². The van der Waals surface area contributed by atoms with Gasteiger partial charge < -0.3 is 8.94 Å². The first-order chi connectivity index (χ1) is 13.4. The molecule has 0 N–H and O–H groups in total. The summed E-state index contributed by atoms with van der Waals surface area (Å²) < 4.78 is 40.6. The smallest absolute Gasteiger partial charge is 0.408 e. The molecule has 3 aromatic rings. The van der Waals surface area contributed by atoms with E-state index in [1.54, 1.807) is 12.1 Å². The molecule has 4 rings (SSSR count). The summed E-state index contributed by atoms with van der Waals surface area (Å²) in [7, 11) is -3.80. The lowest BCUT2D eigenvalue weighted by molar-refractivity contribution is 0.258. The van der Waals surface area contributed by atoms with E-state index in [1.807, 2.05) is 13.8 Å². The molecule has 0 amide bonds. The fourth-order valence-corrected chi connectivity index (χ4v) is 5.52. The highest BCUT2D eigenvalue weighted by molar-refractivity contribution is 7.89. The maximum atomic E-state index is 13.5. The predicted octanol–water partition coefficient (Wildman–Crippen LogP) is 3.22. The highest BCUT2D eigenvalue weighted by Gasteiger charge is 2.35. The third-order valence-electron chi connectivity index (χ3n) is 5.24. The number of sulfonamides is 1. The summed E-state index contributed by atoms with van der Waals surface area (Å²) in [6.45, 7) is 4.51. The number of aromatic nitrogens is 2. The molecule has 1 aliphatic heterocycles. The molecule has 2 aromatic heterocycles. The van der Waals surface area contributed by atoms with E-state index in [1.165, 1.54) is 21.0 Å². The fourth-order valence-electron chi connectivity index (χ4n) is 3.84. The molecule has 1 aliphatic rings. The summed E-state index contributed by atoms with van der Waals surface area (Å²) in [5.74, 6) is 0.0737. The van der Waals surface area contributed by atoms with Crippen LogP contribution in [-0.4, -0.2) is 29.0 Å². The van der Waals surface area contributed by atoms with Crippen LogP contribution >= 0.6 is 0 Å². The number of hydrogen-bond donors (Lipinski definition) is 0. The molecular weight excluding hydrogens is 382 g/mol. The number of aryl methyl sites for hydroxylation is 2. The zero-order valence-corrected chi connectivity index (χ0v) is 16.7. The summed E-state index contributed by atoms with van der Waals surface area (Å²) >= 11 is 0. The van der Waals surface area contributed by atoms with Crippen molar-refractivity contribution in [3.05, 3.63) is 46.3 Å². The topological polar surface area (TPSA) is 98.5 Å². The van der Waals surface area contributed by atoms with Gasteiger partial charge in [-0.05, 0) is 38.8 Å². The normalized spacial score (nSPS) is 19.1. The van der Waals surface area contributed by atoms with Gasteiger partial charge in [0.2, 0.25) is 10.0 Å². The molecule has 9 heteroatoms. The van der Waals surface area contributed by atoms with Crippen molar-refractivity contribution in [1.82, 2.24) is 14.0 Å². The van der Waals surface area contributed by atoms with Crippen molar-refractivity contribution in [3.8, 4) is 0 Å². The van der Waals surface area contributed by atoms with Crippen LogP contribution in [0.1, 0.15) is 50.1 Å². The number of fused-ring (bicyclic) bond motifs is 1. The third-order valence-corrected chi connectivity index (χ3v) is 7.15. The lowest BCUT2D eigenvalue weighted by atomic mass is 10.1. The fraction of sp³-hybridized carbons (Fsp3) is 0.474. The van der Waals surface area contributed by atoms with E-state index < -0.39 is 21.8 Å². The maximum Gasteiger partial charge on any atom is 0.419 e. The summed E-state index contributed by atoms with van der Waals surface area (Å²) in [5.41, 5.74) is 1.58. The standard InChI is InChI=1S/C19H23N3O5S/c1-3-21-15-9-8-14(12-17(15)26-19(21)23)28(24,25)22-10-6-4-5-7-16(22)18-11-13(2)20-27-18/h8-9,11-12,16H,3-7,10H2,1-2H3/t16-/m1/s1. The van der Waals surface area contributed by atoms with Gasteiger partial charge in [-0.1, -0.05) is 18.0 Å². The van der Waals surface area contributed by atoms with Crippen LogP contribution in [0, 0.1) is 6.92 Å². The van der Waals surface area contributed by atoms with E-state index in [2.05, 4.69) is 5.16 Å². The van der Waals surface area contributed by atoms with Crippen LogP contribution in [0.4, 0.5) is 0 Å². The Morgan fingerprint density at radius 3 is 2.75 bits per heavy atom. The van der Waals surface area contributed by atoms with Gasteiger partial charge in [0.25, 0.3) is 0 Å². The van der Waals surface area contributed by atoms with Crippen molar-refractivity contribution in [3.63, 3.8) is 0 Å². The first-order valence-electron chi connectivity index (χ1n) is 9.50. The SMILES string of the molecule is CCn1c(=O)oc2cc(S(=O)(=O)N3CCCCC[C@@H]3c3cc(C)no3)ccc21. The van der Waals surface area contributed by atoms with Crippen LogP contribution in [-0.2, 0) is 16.6 Å². The second kappa shape index (κ2) is 7.21. The Hall–Kier alpha value is -2.39. The molecule has 3 heterocycles. The van der Waals surface area contributed by atoms with Crippen molar-refractivity contribution in [1.29, 1.82) is 0 Å². The van der Waals surface area contributed by atoms with Gasteiger partial charge in [-0.15, -0.1) is 0 Å². The first kappa shape index (κ1) is 18.9. The van der Waals surface area contributed by atoms with Gasteiger partial charge in [-0.2, -0.15) is 4.31 Å². The zero-order chi connectivity index (χ0) is 19.9. The molecule has 0 unspecified atom stereocenters.